The van der Waals surface area contributed by atoms with E-state index in [0.717, 1.165) is 15.9 Å². The zero-order valence-corrected chi connectivity index (χ0v) is 36.8. The smallest absolute Gasteiger partial charge is 0.135 e. The highest BCUT2D eigenvalue weighted by molar-refractivity contribution is 7.25. The van der Waals surface area contributed by atoms with Crippen LogP contribution in [-0.2, 0) is 0 Å². The fourth-order valence-electron chi connectivity index (χ4n) is 4.42. The van der Waals surface area contributed by atoms with Crippen LogP contribution in [0.1, 0.15) is 147 Å². The molecule has 0 aliphatic rings. The summed E-state index contributed by atoms with van der Waals surface area (Å²) in [6.45, 7) is 22.5. The molecule has 10 aromatic rings. The van der Waals surface area contributed by atoms with Gasteiger partial charge < -0.3 is 8.98 Å². The quantitative estimate of drug-likeness (QED) is 0.169. The van der Waals surface area contributed by atoms with Crippen molar-refractivity contribution in [1.29, 1.82) is 0 Å². The van der Waals surface area contributed by atoms with Gasteiger partial charge >= 0.3 is 0 Å². The molecule has 0 atom stereocenters. The number of benzene rings is 7. The minimum absolute atomic E-state index is 0.0250. The first-order valence-electron chi connectivity index (χ1n) is 35.8. The predicted octanol–water partition coefficient (Wildman–Crippen LogP) is 19.8. The maximum Gasteiger partial charge on any atom is 0.135 e. The molecular weight excluding hydrogens is 747 g/mol. The van der Waals surface area contributed by atoms with Crippen LogP contribution in [0.15, 0.2) is 180 Å². The van der Waals surface area contributed by atoms with Crippen molar-refractivity contribution in [2.75, 3.05) is 0 Å². The highest BCUT2D eigenvalue weighted by atomic mass is 32.1. The number of aromatic nitrogens is 1. The Morgan fingerprint density at radius 3 is 1.10 bits per heavy atom. The fraction of sp³-hybridized carbons (Fsp3) is 0.263. The Hall–Kier alpha value is -5.64. The molecule has 10 rings (SSSR count). The first kappa shape index (κ1) is 19.8. The van der Waals surface area contributed by atoms with Crippen molar-refractivity contribution in [1.82, 2.24) is 4.57 Å². The second-order valence-electron chi connectivity index (χ2n) is 9.98. The van der Waals surface area contributed by atoms with Crippen LogP contribution in [0.5, 0.6) is 0 Å². The van der Waals surface area contributed by atoms with Crippen molar-refractivity contribution in [3.05, 3.63) is 175 Å². The van der Waals surface area contributed by atoms with Gasteiger partial charge in [0.1, 0.15) is 11.2 Å². The molecule has 0 aliphatic heterocycles. The number of furan rings is 1. The van der Waals surface area contributed by atoms with Gasteiger partial charge in [-0.1, -0.05) is 229 Å². The van der Waals surface area contributed by atoms with Gasteiger partial charge in [0.2, 0.25) is 0 Å². The topological polar surface area (TPSA) is 18.1 Å². The van der Waals surface area contributed by atoms with Crippen LogP contribution in [0.2, 0.25) is 0 Å². The number of hydrogen-bond donors (Lipinski definition) is 0. The van der Waals surface area contributed by atoms with Gasteiger partial charge in [-0.2, -0.15) is 0 Å². The van der Waals surface area contributed by atoms with Gasteiger partial charge in [-0.3, -0.25) is 0 Å². The SMILES string of the molecule is CC.CC.CC.CC.[2H]C([2H])(C)C.[2H]C([2H])(C)CC.[2H]c1c([2H])c([2H])c(-n2c3c([2H])c([2H])c([2H])c([2H])c3c3c([2H])c([2H])c([2H])c([2H])c32)c([2H])c1[2H].[2H]c1c([2H])c([2H])c2c(oc3c([2H])c([2H])c([2H])c([2H])c32)c1[2H].[2H]c1c([2H])c([2H])c2c(sc3c([2H])c([2H])c([2H])c([2H])c32)c1[2H]. The normalized spacial score (nSPS) is 17.8. The van der Waals surface area contributed by atoms with E-state index in [0.29, 0.717) is 6.42 Å². The molecule has 0 saturated carbocycles. The summed E-state index contributed by atoms with van der Waals surface area (Å²) in [4.78, 5) is 0. The number of para-hydroxylation sites is 5. The summed E-state index contributed by atoms with van der Waals surface area (Å²) in [5, 5.41) is -0.193. The van der Waals surface area contributed by atoms with Crippen LogP contribution in [0.4, 0.5) is 0 Å². The Balaban J connectivity index is 0.000000426. The number of hydrogen-bond acceptors (Lipinski definition) is 2. The van der Waals surface area contributed by atoms with Crippen molar-refractivity contribution in [3.8, 4) is 5.69 Å². The molecule has 3 aromatic heterocycles. The summed E-state index contributed by atoms with van der Waals surface area (Å²) >= 11 is 0.967. The van der Waals surface area contributed by atoms with Crippen LogP contribution in [0.3, 0.4) is 0 Å². The Morgan fingerprint density at radius 2 is 0.717 bits per heavy atom. The fourth-order valence-corrected chi connectivity index (χ4v) is 5.34. The molecule has 0 N–H and O–H groups in total. The van der Waals surface area contributed by atoms with E-state index in [4.69, 9.17) is 49.7 Å². The van der Waals surface area contributed by atoms with Crippen molar-refractivity contribution in [2.24, 2.45) is 0 Å². The lowest BCUT2D eigenvalue weighted by Gasteiger charge is -2.06. The molecule has 0 fully saturated rings. The van der Waals surface area contributed by atoms with E-state index in [1.807, 2.05) is 62.3 Å². The van der Waals surface area contributed by atoms with Gasteiger partial charge in [0.05, 0.1) is 50.8 Å². The summed E-state index contributed by atoms with van der Waals surface area (Å²) in [5.74, 6) is 0. The summed E-state index contributed by atoms with van der Waals surface area (Å²) in [7, 11) is 0. The van der Waals surface area contributed by atoms with E-state index in [1.165, 1.54) is 13.8 Å². The Kier molecular flexibility index (Phi) is 9.76. The lowest BCUT2D eigenvalue weighted by molar-refractivity contribution is 0.669. The Bertz CT molecular complexity index is 4030. The third-order valence-corrected chi connectivity index (χ3v) is 7.64. The molecule has 0 saturated heterocycles. The second kappa shape index (κ2) is 29.6. The molecule has 316 valence electrons. The summed E-state index contributed by atoms with van der Waals surface area (Å²) < 4.78 is 264. The average Bonchev–Trinajstić information content (AvgIpc) is 1.57. The van der Waals surface area contributed by atoms with Gasteiger partial charge in [-0.25, -0.2) is 0 Å². The Morgan fingerprint density at radius 1 is 0.417 bits per heavy atom. The second-order valence-corrected chi connectivity index (χ2v) is 11.0. The standard InChI is InChI=1S/C18H13N.C12H8O.C12H8S.C4H10.C3H8.4C2H6/c1-2-8-14(9-3-1)19-17-12-6-4-10-15(17)16-11-5-7-13-18(16)19;2*1-3-7-11-9(5-1)10-6-2-4-8-12(10)13-11;1-3-4-2;1-3-2;4*1-2/h1-13H;2*1-8H;3-4H2,1-2H3;3H2,1-2H3;4*1-2H3/i1D,2D,3D,4D,5D,6D,7D,8D,9D,10D,11D,12D,13D;2*1D,2D,3D,4D,5D,6D,7D,8D;2*3D2;;;;. The first-order valence-corrected chi connectivity index (χ1v) is 20.1. The molecule has 0 spiro atoms. The zero-order chi connectivity index (χ0) is 72.9. The van der Waals surface area contributed by atoms with E-state index < -0.39 is 145 Å². The number of thiophene rings is 1. The van der Waals surface area contributed by atoms with E-state index >= 15 is 0 Å². The number of fused-ring (bicyclic) bond motifs is 9. The molecule has 0 aliphatic carbocycles. The molecule has 2 nitrogen and oxygen atoms in total. The molecule has 3 heteroatoms. The van der Waals surface area contributed by atoms with E-state index in [2.05, 4.69) is 0 Å². The lowest BCUT2D eigenvalue weighted by Crippen LogP contribution is -1.92. The maximum atomic E-state index is 8.41. The van der Waals surface area contributed by atoms with E-state index in [9.17, 15) is 0 Å². The van der Waals surface area contributed by atoms with Gasteiger partial charge in [-0.05, 0) is 48.3 Å². The largest absolute Gasteiger partial charge is 0.456 e. The maximum absolute atomic E-state index is 8.41. The van der Waals surface area contributed by atoms with Crippen molar-refractivity contribution < 1.29 is 49.7 Å². The molecule has 0 amide bonds. The molecule has 0 unspecified atom stereocenters. The van der Waals surface area contributed by atoms with Crippen LogP contribution in [0.25, 0.3) is 69.6 Å². The van der Waals surface area contributed by atoms with Gasteiger partial charge in [-0.15, -0.1) is 11.3 Å². The minimum Gasteiger partial charge on any atom is -0.456 e. The van der Waals surface area contributed by atoms with Crippen molar-refractivity contribution in [2.45, 2.75) is 102 Å². The zero-order valence-electron chi connectivity index (χ0n) is 69.0. The number of rotatable bonds is 2. The highest BCUT2D eigenvalue weighted by Crippen LogP contribution is 2.33. The first-order chi connectivity index (χ1) is 42.9. The van der Waals surface area contributed by atoms with Crippen LogP contribution in [-0.4, -0.2) is 4.57 Å². The van der Waals surface area contributed by atoms with Gasteiger partial charge in [0.25, 0.3) is 0 Å². The molecular formula is C57H71NOS. The van der Waals surface area contributed by atoms with Gasteiger partial charge in [0, 0.05) is 52.9 Å². The van der Waals surface area contributed by atoms with Crippen molar-refractivity contribution in [3.63, 3.8) is 0 Å². The third-order valence-electron chi connectivity index (χ3n) is 6.62. The third kappa shape index (κ3) is 13.4. The summed E-state index contributed by atoms with van der Waals surface area (Å²) in [5.41, 5.74) is -1.43. The van der Waals surface area contributed by atoms with E-state index in [-0.39, 0.29) is 112 Å². The van der Waals surface area contributed by atoms with Gasteiger partial charge in [0.15, 0.2) is 0 Å². The van der Waals surface area contributed by atoms with Crippen LogP contribution >= 0.6 is 11.3 Å². The van der Waals surface area contributed by atoms with Crippen LogP contribution in [0, 0.1) is 0 Å². The lowest BCUT2D eigenvalue weighted by atomic mass is 10.2. The molecule has 60 heavy (non-hydrogen) atoms. The van der Waals surface area contributed by atoms with Crippen molar-refractivity contribution >= 4 is 75.3 Å². The molecule has 0 bridgehead atoms. The average molecular weight is 851 g/mol. The Labute approximate surface area is 412 Å². The predicted molar refractivity (Wildman–Crippen MR) is 276 cm³/mol. The minimum atomic E-state index is -1.00. The molecule has 7 aromatic carbocycles. The summed E-state index contributed by atoms with van der Waals surface area (Å²) in [6.07, 6.45) is -1.35. The molecule has 0 radical (unpaired) electrons. The van der Waals surface area contributed by atoms with Crippen LogP contribution < -0.4 is 0 Å². The number of nitrogens with zero attached hydrogens (tertiary/aromatic N) is 1. The molecule has 3 heterocycles. The van der Waals surface area contributed by atoms with E-state index in [1.54, 1.807) is 6.92 Å². The highest BCUT2D eigenvalue weighted by Gasteiger charge is 2.10. The monoisotopic (exact) mass is 851 g/mol. The summed E-state index contributed by atoms with van der Waals surface area (Å²) in [6, 6.07) is -14.3.